The number of alkyl halides is 3. The van der Waals surface area contributed by atoms with Gasteiger partial charge in [0.25, 0.3) is 11.8 Å². The summed E-state index contributed by atoms with van der Waals surface area (Å²) in [6.07, 6.45) is -3.62. The average molecular weight is 438 g/mol. The van der Waals surface area contributed by atoms with Crippen molar-refractivity contribution in [3.8, 4) is 5.75 Å². The molecule has 4 atom stereocenters. The minimum Gasteiger partial charge on any atom is -0.495 e. The molecular weight excluding hydrogens is 417 g/mol. The fraction of sp³-hybridized carbons (Fsp3) is 0.400. The lowest BCUT2D eigenvalue weighted by molar-refractivity contribution is -0.272. The molecular formula is C20H21F3N4O4. The van der Waals surface area contributed by atoms with Crippen molar-refractivity contribution >= 4 is 17.5 Å². The van der Waals surface area contributed by atoms with Gasteiger partial charge in [0.15, 0.2) is 5.60 Å². The van der Waals surface area contributed by atoms with E-state index in [1.54, 1.807) is 12.1 Å². The number of ether oxygens (including phenoxy) is 2. The lowest BCUT2D eigenvalue weighted by Crippen LogP contribution is -2.47. The summed E-state index contributed by atoms with van der Waals surface area (Å²) in [6.45, 7) is 2.27. The van der Waals surface area contributed by atoms with E-state index in [0.717, 1.165) is 6.92 Å². The average Bonchev–Trinajstić information content (AvgIpc) is 3.00. The first kappa shape index (κ1) is 22.5. The van der Waals surface area contributed by atoms with E-state index in [-0.39, 0.29) is 22.8 Å². The van der Waals surface area contributed by atoms with Crippen LogP contribution in [-0.4, -0.2) is 46.8 Å². The first-order chi connectivity index (χ1) is 14.5. The van der Waals surface area contributed by atoms with Gasteiger partial charge >= 0.3 is 6.18 Å². The number of nitrogens with zero attached hydrogens (tertiary/aromatic N) is 2. The van der Waals surface area contributed by atoms with Gasteiger partial charge in [-0.3, -0.25) is 19.6 Å². The molecule has 0 aromatic carbocycles. The van der Waals surface area contributed by atoms with E-state index < -0.39 is 41.5 Å². The maximum Gasteiger partial charge on any atom is 0.417 e. The van der Waals surface area contributed by atoms with Gasteiger partial charge in [0.1, 0.15) is 17.5 Å². The first-order valence-corrected chi connectivity index (χ1v) is 9.29. The Balaban J connectivity index is 2.01. The normalized spacial score (nSPS) is 25.8. The number of rotatable bonds is 5. The third-order valence-electron chi connectivity index (χ3n) is 5.54. The third-order valence-corrected chi connectivity index (χ3v) is 5.54. The molecule has 3 N–H and O–H groups in total. The molecule has 2 aromatic rings. The SMILES string of the molecule is COc1cccnc1C1C(C(=O)Nc2ccnc(C(N)=O)c2)OC(C)(C(F)(F)F)C1C. The van der Waals surface area contributed by atoms with Crippen LogP contribution in [0.5, 0.6) is 5.75 Å². The van der Waals surface area contributed by atoms with Gasteiger partial charge < -0.3 is 20.5 Å². The molecule has 0 saturated carbocycles. The summed E-state index contributed by atoms with van der Waals surface area (Å²) < 4.78 is 52.3. The Morgan fingerprint density at radius 1 is 1.26 bits per heavy atom. The molecule has 2 aromatic heterocycles. The number of methoxy groups -OCH3 is 1. The van der Waals surface area contributed by atoms with Gasteiger partial charge in [-0.2, -0.15) is 13.2 Å². The van der Waals surface area contributed by atoms with Crippen molar-refractivity contribution in [1.29, 1.82) is 0 Å². The largest absolute Gasteiger partial charge is 0.495 e. The van der Waals surface area contributed by atoms with E-state index in [1.807, 2.05) is 0 Å². The van der Waals surface area contributed by atoms with Crippen LogP contribution in [-0.2, 0) is 9.53 Å². The summed E-state index contributed by atoms with van der Waals surface area (Å²) in [5, 5.41) is 2.48. The number of hydrogen-bond acceptors (Lipinski definition) is 6. The van der Waals surface area contributed by atoms with E-state index in [0.29, 0.717) is 0 Å². The maximum absolute atomic E-state index is 13.9. The molecule has 3 rings (SSSR count). The zero-order valence-electron chi connectivity index (χ0n) is 16.9. The second-order valence-electron chi connectivity index (χ2n) is 7.33. The van der Waals surface area contributed by atoms with Crippen LogP contribution in [0.3, 0.4) is 0 Å². The zero-order chi connectivity index (χ0) is 23.0. The Kier molecular flexibility index (Phi) is 5.90. The van der Waals surface area contributed by atoms with Crippen LogP contribution in [0.4, 0.5) is 18.9 Å². The number of anilines is 1. The number of aromatic nitrogens is 2. The molecule has 1 aliphatic heterocycles. The molecule has 0 bridgehead atoms. The summed E-state index contributed by atoms with van der Waals surface area (Å²) in [5.41, 5.74) is 2.79. The molecule has 8 nitrogen and oxygen atoms in total. The van der Waals surface area contributed by atoms with Crippen LogP contribution in [0.25, 0.3) is 0 Å². The molecule has 1 fully saturated rings. The molecule has 31 heavy (non-hydrogen) atoms. The summed E-state index contributed by atoms with van der Waals surface area (Å²) in [7, 11) is 1.36. The van der Waals surface area contributed by atoms with E-state index >= 15 is 0 Å². The summed E-state index contributed by atoms with van der Waals surface area (Å²) in [5.74, 6) is -3.63. The summed E-state index contributed by atoms with van der Waals surface area (Å²) in [6, 6.07) is 5.72. The van der Waals surface area contributed by atoms with Crippen LogP contribution in [0.2, 0.25) is 0 Å². The van der Waals surface area contributed by atoms with Gasteiger partial charge in [-0.15, -0.1) is 0 Å². The number of halogens is 3. The van der Waals surface area contributed by atoms with Crippen molar-refractivity contribution in [2.45, 2.75) is 37.6 Å². The van der Waals surface area contributed by atoms with Gasteiger partial charge in [-0.1, -0.05) is 6.92 Å². The highest BCUT2D eigenvalue weighted by Crippen LogP contribution is 2.54. The smallest absolute Gasteiger partial charge is 0.417 e. The number of primary amides is 1. The highest BCUT2D eigenvalue weighted by Gasteiger charge is 2.66. The van der Waals surface area contributed by atoms with Crippen LogP contribution in [0.15, 0.2) is 36.7 Å². The van der Waals surface area contributed by atoms with Gasteiger partial charge in [0.05, 0.1) is 12.8 Å². The first-order valence-electron chi connectivity index (χ1n) is 9.29. The highest BCUT2D eigenvalue weighted by atomic mass is 19.4. The molecule has 1 aliphatic rings. The monoisotopic (exact) mass is 438 g/mol. The molecule has 3 heterocycles. The van der Waals surface area contributed by atoms with Crippen LogP contribution in [0, 0.1) is 5.92 Å². The zero-order valence-corrected chi connectivity index (χ0v) is 16.9. The number of amides is 2. The molecule has 11 heteroatoms. The Morgan fingerprint density at radius 2 is 1.97 bits per heavy atom. The number of nitrogens with one attached hydrogen (secondary N) is 1. The molecule has 0 aliphatic carbocycles. The fourth-order valence-corrected chi connectivity index (χ4v) is 3.65. The van der Waals surface area contributed by atoms with E-state index in [9.17, 15) is 22.8 Å². The van der Waals surface area contributed by atoms with Crippen molar-refractivity contribution in [2.24, 2.45) is 11.7 Å². The second-order valence-corrected chi connectivity index (χ2v) is 7.33. The van der Waals surface area contributed by atoms with Crippen LogP contribution >= 0.6 is 0 Å². The van der Waals surface area contributed by atoms with E-state index in [4.69, 9.17) is 15.2 Å². The van der Waals surface area contributed by atoms with Crippen molar-refractivity contribution < 1.29 is 32.2 Å². The van der Waals surface area contributed by atoms with E-state index in [2.05, 4.69) is 15.3 Å². The summed E-state index contributed by atoms with van der Waals surface area (Å²) in [4.78, 5) is 32.3. The predicted molar refractivity (Wildman–Crippen MR) is 103 cm³/mol. The van der Waals surface area contributed by atoms with Gasteiger partial charge in [0, 0.05) is 29.9 Å². The quantitative estimate of drug-likeness (QED) is 0.742. The number of carbonyl (C=O) groups is 2. The second kappa shape index (κ2) is 8.14. The minimum atomic E-state index is -4.74. The number of carbonyl (C=O) groups excluding carboxylic acids is 2. The third kappa shape index (κ3) is 4.05. The van der Waals surface area contributed by atoms with Crippen molar-refractivity contribution in [3.05, 3.63) is 48.0 Å². The fourth-order valence-electron chi connectivity index (χ4n) is 3.65. The van der Waals surface area contributed by atoms with Gasteiger partial charge in [-0.05, 0) is 31.2 Å². The lowest BCUT2D eigenvalue weighted by atomic mass is 9.78. The molecule has 0 radical (unpaired) electrons. The van der Waals surface area contributed by atoms with Crippen molar-refractivity contribution in [1.82, 2.24) is 9.97 Å². The molecule has 2 amide bonds. The number of pyridine rings is 2. The van der Waals surface area contributed by atoms with E-state index in [1.165, 1.54) is 38.6 Å². The number of nitrogens with two attached hydrogens (primary N) is 1. The van der Waals surface area contributed by atoms with Gasteiger partial charge in [-0.25, -0.2) is 0 Å². The standard InChI is InChI=1S/C20H21F3N4O4/c1-10-14(15-13(30-3)5-4-7-26-15)16(31-19(10,2)20(21,22)23)18(29)27-11-6-8-25-12(9-11)17(24)28/h4-10,14,16H,1-3H3,(H2,24,28)(H,25,27,29). The predicted octanol–water partition coefficient (Wildman–Crippen LogP) is 2.66. The Morgan fingerprint density at radius 3 is 2.58 bits per heavy atom. The minimum absolute atomic E-state index is 0.110. The molecule has 166 valence electrons. The van der Waals surface area contributed by atoms with Crippen molar-refractivity contribution in [3.63, 3.8) is 0 Å². The topological polar surface area (TPSA) is 116 Å². The van der Waals surface area contributed by atoms with Crippen LogP contribution in [0.1, 0.15) is 35.9 Å². The maximum atomic E-state index is 13.9. The lowest BCUT2D eigenvalue weighted by Gasteiger charge is -2.31. The summed E-state index contributed by atoms with van der Waals surface area (Å²) >= 11 is 0. The van der Waals surface area contributed by atoms with Crippen LogP contribution < -0.4 is 15.8 Å². The Labute approximate surface area is 176 Å². The molecule has 0 spiro atoms. The van der Waals surface area contributed by atoms with Gasteiger partial charge in [0.2, 0.25) is 0 Å². The van der Waals surface area contributed by atoms with Crippen molar-refractivity contribution in [2.75, 3.05) is 12.4 Å². The molecule has 4 unspecified atom stereocenters. The Bertz CT molecular complexity index is 1000. The number of hydrogen-bond donors (Lipinski definition) is 2. The highest BCUT2D eigenvalue weighted by molar-refractivity contribution is 5.97. The Hall–Kier alpha value is -3.21. The molecule has 1 saturated heterocycles.